The molecule has 0 fully saturated rings. The highest BCUT2D eigenvalue weighted by Gasteiger charge is 2.26. The number of benzene rings is 1. The summed E-state index contributed by atoms with van der Waals surface area (Å²) in [7, 11) is 0. The van der Waals surface area contributed by atoms with E-state index in [-0.39, 0.29) is 5.41 Å². The molecule has 1 aliphatic heterocycles. The van der Waals surface area contributed by atoms with Crippen LogP contribution in [-0.2, 0) is 0 Å². The van der Waals surface area contributed by atoms with Gasteiger partial charge in [-0.2, -0.15) is 0 Å². The van der Waals surface area contributed by atoms with Crippen LogP contribution in [0.2, 0.25) is 0 Å². The summed E-state index contributed by atoms with van der Waals surface area (Å²) < 4.78 is 1.12. The van der Waals surface area contributed by atoms with E-state index in [1.54, 1.807) is 0 Å². The van der Waals surface area contributed by atoms with Crippen molar-refractivity contribution < 1.29 is 0 Å². The third-order valence-electron chi connectivity index (χ3n) is 3.11. The van der Waals surface area contributed by atoms with Gasteiger partial charge in [-0.1, -0.05) is 36.7 Å². The fraction of sp³-hybridized carbons (Fsp3) is 0.538. The molecule has 1 unspecified atom stereocenters. The SMILES string of the molecule is CC(C)(C)C1CCNc2cc(Br)ccc2N1. The molecule has 1 atom stereocenters. The van der Waals surface area contributed by atoms with E-state index in [0.717, 1.165) is 17.4 Å². The predicted molar refractivity (Wildman–Crippen MR) is 74.1 cm³/mol. The quantitative estimate of drug-likeness (QED) is 0.749. The van der Waals surface area contributed by atoms with Gasteiger partial charge >= 0.3 is 0 Å². The Bertz CT molecular complexity index is 382. The van der Waals surface area contributed by atoms with E-state index in [0.29, 0.717) is 6.04 Å². The van der Waals surface area contributed by atoms with Crippen molar-refractivity contribution in [2.75, 3.05) is 17.2 Å². The molecule has 0 spiro atoms. The minimum atomic E-state index is 0.288. The van der Waals surface area contributed by atoms with Crippen LogP contribution in [0.5, 0.6) is 0 Å². The zero-order valence-corrected chi connectivity index (χ0v) is 11.7. The van der Waals surface area contributed by atoms with Crippen molar-refractivity contribution in [3.05, 3.63) is 22.7 Å². The highest BCUT2D eigenvalue weighted by molar-refractivity contribution is 9.10. The van der Waals surface area contributed by atoms with E-state index < -0.39 is 0 Å². The minimum absolute atomic E-state index is 0.288. The van der Waals surface area contributed by atoms with Crippen LogP contribution < -0.4 is 10.6 Å². The van der Waals surface area contributed by atoms with E-state index in [2.05, 4.69) is 65.5 Å². The van der Waals surface area contributed by atoms with Crippen LogP contribution >= 0.6 is 15.9 Å². The number of rotatable bonds is 0. The molecule has 1 heterocycles. The molecule has 0 aliphatic carbocycles. The van der Waals surface area contributed by atoms with Gasteiger partial charge in [0.05, 0.1) is 11.4 Å². The number of nitrogens with one attached hydrogen (secondary N) is 2. The summed E-state index contributed by atoms with van der Waals surface area (Å²) >= 11 is 3.50. The maximum atomic E-state index is 3.64. The predicted octanol–water partition coefficient (Wildman–Crippen LogP) is 4.09. The average Bonchev–Trinajstić information content (AvgIpc) is 2.38. The van der Waals surface area contributed by atoms with Gasteiger partial charge in [-0.15, -0.1) is 0 Å². The molecule has 2 rings (SSSR count). The fourth-order valence-corrected chi connectivity index (χ4v) is 2.41. The van der Waals surface area contributed by atoms with Crippen LogP contribution in [0.4, 0.5) is 11.4 Å². The first kappa shape index (κ1) is 11.8. The highest BCUT2D eigenvalue weighted by atomic mass is 79.9. The molecule has 88 valence electrons. The Labute approximate surface area is 106 Å². The van der Waals surface area contributed by atoms with Crippen LogP contribution in [0.15, 0.2) is 22.7 Å². The first-order chi connectivity index (χ1) is 7.47. The lowest BCUT2D eigenvalue weighted by atomic mass is 9.85. The van der Waals surface area contributed by atoms with Gasteiger partial charge in [-0.3, -0.25) is 0 Å². The first-order valence-electron chi connectivity index (χ1n) is 5.77. The molecule has 16 heavy (non-hydrogen) atoms. The second-order valence-electron chi connectivity index (χ2n) is 5.47. The maximum Gasteiger partial charge on any atom is 0.0587 e. The van der Waals surface area contributed by atoms with Crippen molar-refractivity contribution in [1.82, 2.24) is 0 Å². The van der Waals surface area contributed by atoms with E-state index in [1.165, 1.54) is 11.4 Å². The van der Waals surface area contributed by atoms with Crippen LogP contribution in [-0.4, -0.2) is 12.6 Å². The van der Waals surface area contributed by atoms with Crippen molar-refractivity contribution in [1.29, 1.82) is 0 Å². The van der Waals surface area contributed by atoms with Gasteiger partial charge in [-0.05, 0) is 30.0 Å². The Kier molecular flexibility index (Phi) is 3.15. The summed E-state index contributed by atoms with van der Waals surface area (Å²) in [6.07, 6.45) is 1.15. The van der Waals surface area contributed by atoms with Crippen molar-refractivity contribution in [3.8, 4) is 0 Å². The second-order valence-corrected chi connectivity index (χ2v) is 6.38. The summed E-state index contributed by atoms with van der Waals surface area (Å²) in [6.45, 7) is 7.88. The fourth-order valence-electron chi connectivity index (χ4n) is 2.05. The van der Waals surface area contributed by atoms with Gasteiger partial charge in [0, 0.05) is 17.1 Å². The lowest BCUT2D eigenvalue weighted by molar-refractivity contribution is 0.332. The molecule has 0 radical (unpaired) electrons. The molecule has 3 heteroatoms. The molecule has 0 aromatic heterocycles. The molecule has 1 aliphatic rings. The Morgan fingerprint density at radius 1 is 1.25 bits per heavy atom. The summed E-state index contributed by atoms with van der Waals surface area (Å²) in [5.41, 5.74) is 2.69. The third kappa shape index (κ3) is 2.51. The Hall–Kier alpha value is -0.700. The van der Waals surface area contributed by atoms with E-state index in [1.807, 2.05) is 0 Å². The van der Waals surface area contributed by atoms with Gasteiger partial charge in [0.1, 0.15) is 0 Å². The summed E-state index contributed by atoms with van der Waals surface area (Å²) in [4.78, 5) is 0. The first-order valence-corrected chi connectivity index (χ1v) is 6.56. The van der Waals surface area contributed by atoms with E-state index in [9.17, 15) is 0 Å². The molecule has 1 aromatic rings. The van der Waals surface area contributed by atoms with Gasteiger partial charge < -0.3 is 10.6 Å². The Morgan fingerprint density at radius 3 is 2.69 bits per heavy atom. The maximum absolute atomic E-state index is 3.64. The van der Waals surface area contributed by atoms with Crippen LogP contribution in [0.3, 0.4) is 0 Å². The molecule has 0 saturated heterocycles. The number of halogens is 1. The normalized spacial score (nSPS) is 20.4. The average molecular weight is 283 g/mol. The Morgan fingerprint density at radius 2 is 2.00 bits per heavy atom. The standard InChI is InChI=1S/C13H19BrN2/c1-13(2,3)12-6-7-15-11-8-9(14)4-5-10(11)16-12/h4-5,8,12,15-16H,6-7H2,1-3H3. The number of hydrogen-bond donors (Lipinski definition) is 2. The lowest BCUT2D eigenvalue weighted by Crippen LogP contribution is -2.34. The van der Waals surface area contributed by atoms with Gasteiger partial charge in [0.15, 0.2) is 0 Å². The Balaban J connectivity index is 2.28. The third-order valence-corrected chi connectivity index (χ3v) is 3.60. The lowest BCUT2D eigenvalue weighted by Gasteiger charge is -2.31. The highest BCUT2D eigenvalue weighted by Crippen LogP contribution is 2.33. The molecule has 0 saturated carbocycles. The number of hydrogen-bond acceptors (Lipinski definition) is 2. The monoisotopic (exact) mass is 282 g/mol. The molecular formula is C13H19BrN2. The smallest absolute Gasteiger partial charge is 0.0587 e. The van der Waals surface area contributed by atoms with E-state index in [4.69, 9.17) is 0 Å². The molecular weight excluding hydrogens is 264 g/mol. The topological polar surface area (TPSA) is 24.1 Å². The van der Waals surface area contributed by atoms with Crippen molar-refractivity contribution in [2.24, 2.45) is 5.41 Å². The zero-order valence-electron chi connectivity index (χ0n) is 10.1. The summed E-state index contributed by atoms with van der Waals surface area (Å²) in [5, 5.41) is 7.12. The largest absolute Gasteiger partial charge is 0.383 e. The minimum Gasteiger partial charge on any atom is -0.383 e. The number of anilines is 2. The van der Waals surface area contributed by atoms with Crippen molar-refractivity contribution in [3.63, 3.8) is 0 Å². The van der Waals surface area contributed by atoms with Crippen LogP contribution in [0, 0.1) is 5.41 Å². The second kappa shape index (κ2) is 4.28. The molecule has 0 bridgehead atoms. The van der Waals surface area contributed by atoms with E-state index >= 15 is 0 Å². The van der Waals surface area contributed by atoms with Gasteiger partial charge in [0.2, 0.25) is 0 Å². The molecule has 0 amide bonds. The van der Waals surface area contributed by atoms with Crippen LogP contribution in [0.25, 0.3) is 0 Å². The van der Waals surface area contributed by atoms with Gasteiger partial charge in [-0.25, -0.2) is 0 Å². The van der Waals surface area contributed by atoms with Crippen LogP contribution in [0.1, 0.15) is 27.2 Å². The summed E-state index contributed by atoms with van der Waals surface area (Å²) in [6, 6.07) is 6.87. The van der Waals surface area contributed by atoms with Gasteiger partial charge in [0.25, 0.3) is 0 Å². The molecule has 1 aromatic carbocycles. The summed E-state index contributed by atoms with van der Waals surface area (Å²) in [5.74, 6) is 0. The number of fused-ring (bicyclic) bond motifs is 1. The molecule has 2 nitrogen and oxygen atoms in total. The van der Waals surface area contributed by atoms with Crippen molar-refractivity contribution >= 4 is 27.3 Å². The van der Waals surface area contributed by atoms with Crippen molar-refractivity contribution in [2.45, 2.75) is 33.2 Å². The molecule has 2 N–H and O–H groups in total. The zero-order chi connectivity index (χ0) is 11.8.